The fraction of sp³-hybridized carbons (Fsp3) is 0.368. The van der Waals surface area contributed by atoms with Crippen LogP contribution in [0, 0.1) is 0 Å². The lowest BCUT2D eigenvalue weighted by Crippen LogP contribution is -2.48. The van der Waals surface area contributed by atoms with Gasteiger partial charge in [-0.25, -0.2) is 9.78 Å². The predicted molar refractivity (Wildman–Crippen MR) is 100 cm³/mol. The van der Waals surface area contributed by atoms with E-state index in [9.17, 15) is 14.4 Å². The van der Waals surface area contributed by atoms with E-state index in [0.717, 1.165) is 5.56 Å². The molecule has 1 amide bonds. The van der Waals surface area contributed by atoms with Gasteiger partial charge in [0.05, 0.1) is 26.5 Å². The highest BCUT2D eigenvalue weighted by Crippen LogP contribution is 2.03. The quantitative estimate of drug-likeness (QED) is 0.471. The molecule has 150 valence electrons. The van der Waals surface area contributed by atoms with Crippen LogP contribution >= 0.6 is 0 Å². The Morgan fingerprint density at radius 2 is 2.00 bits per heavy atom. The Balaban J connectivity index is 1.95. The zero-order chi connectivity index (χ0) is 20.4. The number of benzene rings is 1. The van der Waals surface area contributed by atoms with Gasteiger partial charge in [-0.2, -0.15) is 0 Å². The van der Waals surface area contributed by atoms with Crippen LogP contribution < -0.4 is 5.32 Å². The first-order chi connectivity index (χ1) is 13.5. The van der Waals surface area contributed by atoms with Gasteiger partial charge in [-0.1, -0.05) is 30.3 Å². The van der Waals surface area contributed by atoms with Crippen molar-refractivity contribution in [3.05, 3.63) is 54.1 Å². The van der Waals surface area contributed by atoms with Crippen molar-refractivity contribution in [2.75, 3.05) is 26.7 Å². The molecule has 1 atom stereocenters. The molecule has 0 radical (unpaired) electrons. The molecule has 3 N–H and O–H groups in total. The molecule has 0 saturated heterocycles. The molecule has 0 aliphatic rings. The molecular formula is C19H24N4O5. The van der Waals surface area contributed by atoms with Gasteiger partial charge < -0.3 is 20.1 Å². The summed E-state index contributed by atoms with van der Waals surface area (Å²) >= 11 is 0. The van der Waals surface area contributed by atoms with Crippen molar-refractivity contribution in [1.82, 2.24) is 20.2 Å². The van der Waals surface area contributed by atoms with E-state index in [2.05, 4.69) is 15.3 Å². The van der Waals surface area contributed by atoms with Gasteiger partial charge in [0.15, 0.2) is 0 Å². The maximum atomic E-state index is 12.4. The number of hydrogen-bond acceptors (Lipinski definition) is 6. The number of aromatic nitrogens is 2. The number of ether oxygens (including phenoxy) is 1. The third kappa shape index (κ3) is 7.20. The molecule has 0 aliphatic heterocycles. The Bertz CT molecular complexity index is 764. The van der Waals surface area contributed by atoms with Crippen LogP contribution in [0.25, 0.3) is 0 Å². The van der Waals surface area contributed by atoms with Gasteiger partial charge >= 0.3 is 11.9 Å². The fourth-order valence-corrected chi connectivity index (χ4v) is 2.73. The van der Waals surface area contributed by atoms with Gasteiger partial charge in [-0.15, -0.1) is 0 Å². The zero-order valence-electron chi connectivity index (χ0n) is 15.6. The highest BCUT2D eigenvalue weighted by atomic mass is 16.5. The second kappa shape index (κ2) is 10.8. The number of carboxylic acid groups (broad SMARTS) is 1. The van der Waals surface area contributed by atoms with E-state index in [1.807, 2.05) is 30.3 Å². The van der Waals surface area contributed by atoms with Gasteiger partial charge in [0, 0.05) is 24.9 Å². The summed E-state index contributed by atoms with van der Waals surface area (Å²) in [6.45, 7) is -0.0214. The number of nitrogens with zero attached hydrogens (tertiary/aromatic N) is 2. The minimum atomic E-state index is -1.03. The summed E-state index contributed by atoms with van der Waals surface area (Å²) in [7, 11) is 1.24. The summed E-state index contributed by atoms with van der Waals surface area (Å²) in [5.74, 6) is -2.07. The third-order valence-electron chi connectivity index (χ3n) is 4.09. The largest absolute Gasteiger partial charge is 0.480 e. The number of hydrogen-bond donors (Lipinski definition) is 3. The third-order valence-corrected chi connectivity index (χ3v) is 4.09. The van der Waals surface area contributed by atoms with E-state index in [0.29, 0.717) is 18.7 Å². The van der Waals surface area contributed by atoms with Gasteiger partial charge in [-0.05, 0) is 12.0 Å². The van der Waals surface area contributed by atoms with E-state index < -0.39 is 23.9 Å². The van der Waals surface area contributed by atoms with Crippen LogP contribution in [0.2, 0.25) is 0 Å². The first-order valence-electron chi connectivity index (χ1n) is 8.80. The molecule has 0 saturated carbocycles. The van der Waals surface area contributed by atoms with Crippen molar-refractivity contribution in [2.24, 2.45) is 0 Å². The van der Waals surface area contributed by atoms with Crippen LogP contribution in [0.15, 0.2) is 42.9 Å². The summed E-state index contributed by atoms with van der Waals surface area (Å²) < 4.78 is 4.74. The smallest absolute Gasteiger partial charge is 0.328 e. The van der Waals surface area contributed by atoms with Crippen LogP contribution in [0.3, 0.4) is 0 Å². The molecule has 2 rings (SSSR count). The molecule has 0 unspecified atom stereocenters. The molecule has 1 heterocycles. The lowest BCUT2D eigenvalue weighted by molar-refractivity contribution is -0.145. The van der Waals surface area contributed by atoms with E-state index in [1.165, 1.54) is 18.3 Å². The molecule has 0 bridgehead atoms. The molecule has 1 aromatic carbocycles. The van der Waals surface area contributed by atoms with Crippen LogP contribution in [-0.2, 0) is 32.0 Å². The van der Waals surface area contributed by atoms with Gasteiger partial charge in [-0.3, -0.25) is 14.5 Å². The van der Waals surface area contributed by atoms with Crippen LogP contribution in [0.1, 0.15) is 11.3 Å². The molecule has 28 heavy (non-hydrogen) atoms. The Labute approximate surface area is 162 Å². The Hall–Kier alpha value is -3.20. The summed E-state index contributed by atoms with van der Waals surface area (Å²) in [6, 6.07) is 8.70. The first kappa shape index (κ1) is 21.1. The van der Waals surface area contributed by atoms with Crippen molar-refractivity contribution < 1.29 is 24.2 Å². The molecule has 9 heteroatoms. The highest BCUT2D eigenvalue weighted by molar-refractivity contribution is 5.86. The monoisotopic (exact) mass is 388 g/mol. The average Bonchev–Trinajstić information content (AvgIpc) is 3.18. The molecule has 0 fully saturated rings. The van der Waals surface area contributed by atoms with Gasteiger partial charge in [0.2, 0.25) is 5.91 Å². The number of rotatable bonds is 11. The normalized spacial score (nSPS) is 11.8. The highest BCUT2D eigenvalue weighted by Gasteiger charge is 2.24. The maximum Gasteiger partial charge on any atom is 0.328 e. The van der Waals surface area contributed by atoms with Gasteiger partial charge in [0.25, 0.3) is 0 Å². The summed E-state index contributed by atoms with van der Waals surface area (Å²) in [6.07, 6.45) is 3.83. The van der Waals surface area contributed by atoms with Crippen molar-refractivity contribution in [3.8, 4) is 0 Å². The van der Waals surface area contributed by atoms with Gasteiger partial charge in [0.1, 0.15) is 6.04 Å². The molecule has 9 nitrogen and oxygen atoms in total. The number of carbonyl (C=O) groups is 3. The lowest BCUT2D eigenvalue weighted by atomic mass is 10.1. The SMILES string of the molecule is COC(=O)[C@H](Cc1cnc[nH]1)NC(=O)CN(CCc1ccccc1)CC(=O)O. The number of imidazole rings is 1. The standard InChI is InChI=1S/C19H24N4O5/c1-28-19(27)16(9-15-10-20-13-21-15)22-17(24)11-23(12-18(25)26)8-7-14-5-3-2-4-6-14/h2-6,10,13,16H,7-9,11-12H2,1H3,(H,20,21)(H,22,24)(H,25,26)/t16-/m0/s1. The average molecular weight is 388 g/mol. The Kier molecular flexibility index (Phi) is 8.16. The minimum Gasteiger partial charge on any atom is -0.480 e. The van der Waals surface area contributed by atoms with Crippen molar-refractivity contribution >= 4 is 17.8 Å². The molecule has 0 aliphatic carbocycles. The second-order valence-corrected chi connectivity index (χ2v) is 6.26. The number of amides is 1. The number of aromatic amines is 1. The number of H-pyrrole nitrogens is 1. The number of carboxylic acids is 1. The molecule has 1 aromatic heterocycles. The van der Waals surface area contributed by atoms with Crippen LogP contribution in [-0.4, -0.2) is 70.6 Å². The summed E-state index contributed by atoms with van der Waals surface area (Å²) in [5.41, 5.74) is 1.71. The lowest BCUT2D eigenvalue weighted by Gasteiger charge is -2.22. The number of methoxy groups -OCH3 is 1. The zero-order valence-corrected chi connectivity index (χ0v) is 15.6. The predicted octanol–water partition coefficient (Wildman–Crippen LogP) is 0.239. The number of carbonyl (C=O) groups excluding carboxylic acids is 2. The van der Waals surface area contributed by atoms with E-state index in [-0.39, 0.29) is 19.5 Å². The van der Waals surface area contributed by atoms with Crippen molar-refractivity contribution in [3.63, 3.8) is 0 Å². The first-order valence-corrected chi connectivity index (χ1v) is 8.80. The topological polar surface area (TPSA) is 125 Å². The van der Waals surface area contributed by atoms with Crippen LogP contribution in [0.5, 0.6) is 0 Å². The number of esters is 1. The number of aliphatic carboxylic acids is 1. The molecule has 0 spiro atoms. The van der Waals surface area contributed by atoms with Crippen molar-refractivity contribution in [1.29, 1.82) is 0 Å². The van der Waals surface area contributed by atoms with Crippen molar-refractivity contribution in [2.45, 2.75) is 18.9 Å². The van der Waals surface area contributed by atoms with E-state index in [4.69, 9.17) is 9.84 Å². The van der Waals surface area contributed by atoms with E-state index in [1.54, 1.807) is 6.20 Å². The minimum absolute atomic E-state index is 0.143. The Morgan fingerprint density at radius 3 is 2.61 bits per heavy atom. The summed E-state index contributed by atoms with van der Waals surface area (Å²) in [5, 5.41) is 11.7. The molecule has 2 aromatic rings. The number of nitrogens with one attached hydrogen (secondary N) is 2. The second-order valence-electron chi connectivity index (χ2n) is 6.26. The summed E-state index contributed by atoms with van der Waals surface area (Å²) in [4.78, 5) is 43.8. The Morgan fingerprint density at radius 1 is 1.25 bits per heavy atom. The maximum absolute atomic E-state index is 12.4. The fourth-order valence-electron chi connectivity index (χ4n) is 2.73. The van der Waals surface area contributed by atoms with Crippen LogP contribution in [0.4, 0.5) is 0 Å². The van der Waals surface area contributed by atoms with E-state index >= 15 is 0 Å². The molecular weight excluding hydrogens is 364 g/mol.